The maximum Gasteiger partial charge on any atom is 0.234 e. The van der Waals surface area contributed by atoms with Crippen LogP contribution in [0.1, 0.15) is 37.7 Å². The Morgan fingerprint density at radius 2 is 2.08 bits per heavy atom. The van der Waals surface area contributed by atoms with Crippen LogP contribution in [0.15, 0.2) is 24.3 Å². The second kappa shape index (κ2) is 7.32. The van der Waals surface area contributed by atoms with Crippen molar-refractivity contribution in [1.82, 2.24) is 4.90 Å². The van der Waals surface area contributed by atoms with Crippen LogP contribution in [0.2, 0.25) is 0 Å². The zero-order chi connectivity index (χ0) is 17.1. The number of rotatable bonds is 5. The van der Waals surface area contributed by atoms with E-state index in [1.807, 2.05) is 24.3 Å². The molecule has 24 heavy (non-hydrogen) atoms. The van der Waals surface area contributed by atoms with E-state index in [1.165, 1.54) is 0 Å². The number of nitrogens with two attached hydrogens (primary N) is 2. The molecule has 1 aliphatic heterocycles. The summed E-state index contributed by atoms with van der Waals surface area (Å²) in [5, 5.41) is 3.00. The van der Waals surface area contributed by atoms with E-state index in [0.717, 1.165) is 49.9 Å². The van der Waals surface area contributed by atoms with Crippen molar-refractivity contribution in [2.75, 3.05) is 11.9 Å². The van der Waals surface area contributed by atoms with E-state index in [0.29, 0.717) is 6.54 Å². The molecule has 1 aromatic carbocycles. The fourth-order valence-electron chi connectivity index (χ4n) is 3.82. The first-order valence-corrected chi connectivity index (χ1v) is 8.71. The van der Waals surface area contributed by atoms with Crippen molar-refractivity contribution >= 4 is 17.5 Å². The smallest absolute Gasteiger partial charge is 0.234 e. The standard InChI is InChI=1S/C18H26N4O2/c19-14-7-6-13(10-14)18(24)21-15-4-1-3-12(9-15)11-22-8-2-5-16(22)17(20)23/h1,3-4,9,13-14,16H,2,5-8,10-11,19H2,(H2,20,23)(H,21,24). The van der Waals surface area contributed by atoms with Gasteiger partial charge in [-0.2, -0.15) is 0 Å². The third-order valence-corrected chi connectivity index (χ3v) is 5.12. The molecular formula is C18H26N4O2. The molecule has 3 rings (SSSR count). The minimum atomic E-state index is -0.255. The minimum absolute atomic E-state index is 0.0153. The highest BCUT2D eigenvalue weighted by molar-refractivity contribution is 5.92. The van der Waals surface area contributed by atoms with Gasteiger partial charge in [0.05, 0.1) is 6.04 Å². The lowest BCUT2D eigenvalue weighted by Gasteiger charge is -2.22. The normalized spacial score (nSPS) is 27.3. The number of amides is 2. The Balaban J connectivity index is 1.62. The quantitative estimate of drug-likeness (QED) is 0.755. The lowest BCUT2D eigenvalue weighted by Crippen LogP contribution is -2.39. The number of hydrogen-bond donors (Lipinski definition) is 3. The summed E-state index contributed by atoms with van der Waals surface area (Å²) in [6.45, 7) is 1.55. The second-order valence-electron chi connectivity index (χ2n) is 6.99. The maximum absolute atomic E-state index is 12.3. The molecule has 6 nitrogen and oxygen atoms in total. The van der Waals surface area contributed by atoms with Crippen LogP contribution in [0, 0.1) is 5.92 Å². The van der Waals surface area contributed by atoms with Crippen LogP contribution < -0.4 is 16.8 Å². The van der Waals surface area contributed by atoms with Crippen molar-refractivity contribution in [3.8, 4) is 0 Å². The lowest BCUT2D eigenvalue weighted by molar-refractivity contribution is -0.122. The number of carbonyl (C=O) groups is 2. The van der Waals surface area contributed by atoms with Crippen molar-refractivity contribution in [3.05, 3.63) is 29.8 Å². The van der Waals surface area contributed by atoms with Gasteiger partial charge in [0.25, 0.3) is 0 Å². The van der Waals surface area contributed by atoms with Gasteiger partial charge in [-0.25, -0.2) is 0 Å². The van der Waals surface area contributed by atoms with Crippen molar-refractivity contribution in [3.63, 3.8) is 0 Å². The van der Waals surface area contributed by atoms with E-state index in [1.54, 1.807) is 0 Å². The summed E-state index contributed by atoms with van der Waals surface area (Å²) in [6, 6.07) is 7.78. The molecule has 2 amide bonds. The van der Waals surface area contributed by atoms with E-state index in [4.69, 9.17) is 11.5 Å². The van der Waals surface area contributed by atoms with Crippen LogP contribution in [-0.2, 0) is 16.1 Å². The first-order chi connectivity index (χ1) is 11.5. The molecule has 1 aliphatic carbocycles. The van der Waals surface area contributed by atoms with E-state index in [-0.39, 0.29) is 29.8 Å². The van der Waals surface area contributed by atoms with Gasteiger partial charge >= 0.3 is 0 Å². The molecule has 0 radical (unpaired) electrons. The van der Waals surface area contributed by atoms with E-state index in [2.05, 4.69) is 10.2 Å². The van der Waals surface area contributed by atoms with Crippen LogP contribution in [0.25, 0.3) is 0 Å². The summed E-state index contributed by atoms with van der Waals surface area (Å²) < 4.78 is 0. The Hall–Kier alpha value is -1.92. The van der Waals surface area contributed by atoms with Gasteiger partial charge in [0.1, 0.15) is 0 Å². The molecule has 3 atom stereocenters. The van der Waals surface area contributed by atoms with Gasteiger partial charge in [-0.15, -0.1) is 0 Å². The van der Waals surface area contributed by atoms with Gasteiger partial charge in [0, 0.05) is 24.2 Å². The fourth-order valence-corrected chi connectivity index (χ4v) is 3.82. The van der Waals surface area contributed by atoms with Gasteiger partial charge in [0.2, 0.25) is 11.8 Å². The SMILES string of the molecule is NC(=O)C1CCCN1Cc1cccc(NC(=O)C2CCC(N)C2)c1. The molecule has 1 saturated carbocycles. The first kappa shape index (κ1) is 16.9. The van der Waals surface area contributed by atoms with Gasteiger partial charge < -0.3 is 16.8 Å². The minimum Gasteiger partial charge on any atom is -0.368 e. The molecule has 5 N–H and O–H groups in total. The summed E-state index contributed by atoms with van der Waals surface area (Å²) in [6.07, 6.45) is 4.36. The van der Waals surface area contributed by atoms with Crippen LogP contribution in [0.4, 0.5) is 5.69 Å². The van der Waals surface area contributed by atoms with Gasteiger partial charge in [0.15, 0.2) is 0 Å². The Morgan fingerprint density at radius 3 is 2.79 bits per heavy atom. The predicted octanol–water partition coefficient (Wildman–Crippen LogP) is 1.20. The molecule has 2 aliphatic rings. The molecule has 3 unspecified atom stereocenters. The van der Waals surface area contributed by atoms with E-state index >= 15 is 0 Å². The molecule has 0 spiro atoms. The highest BCUT2D eigenvalue weighted by Crippen LogP contribution is 2.26. The Kier molecular flexibility index (Phi) is 5.16. The summed E-state index contributed by atoms with van der Waals surface area (Å²) in [5.74, 6) is -0.188. The van der Waals surface area contributed by atoms with Crippen LogP contribution >= 0.6 is 0 Å². The van der Waals surface area contributed by atoms with Crippen molar-refractivity contribution in [1.29, 1.82) is 0 Å². The predicted molar refractivity (Wildman–Crippen MR) is 93.0 cm³/mol. The number of carbonyl (C=O) groups excluding carboxylic acids is 2. The molecule has 1 aromatic rings. The monoisotopic (exact) mass is 330 g/mol. The summed E-state index contributed by atoms with van der Waals surface area (Å²) in [5.41, 5.74) is 13.2. The number of benzene rings is 1. The van der Waals surface area contributed by atoms with Crippen LogP contribution in [0.3, 0.4) is 0 Å². The first-order valence-electron chi connectivity index (χ1n) is 8.71. The van der Waals surface area contributed by atoms with Crippen molar-refractivity contribution in [2.45, 2.75) is 50.7 Å². The van der Waals surface area contributed by atoms with Crippen LogP contribution in [0.5, 0.6) is 0 Å². The second-order valence-corrected chi connectivity index (χ2v) is 6.99. The summed E-state index contributed by atoms with van der Waals surface area (Å²) in [7, 11) is 0. The van der Waals surface area contributed by atoms with Crippen molar-refractivity contribution < 1.29 is 9.59 Å². The molecular weight excluding hydrogens is 304 g/mol. The topological polar surface area (TPSA) is 101 Å². The Bertz CT molecular complexity index is 619. The molecule has 2 fully saturated rings. The molecule has 1 saturated heterocycles. The van der Waals surface area contributed by atoms with Gasteiger partial charge in [-0.3, -0.25) is 14.5 Å². The summed E-state index contributed by atoms with van der Waals surface area (Å²) in [4.78, 5) is 25.9. The number of anilines is 1. The third kappa shape index (κ3) is 3.94. The van der Waals surface area contributed by atoms with Gasteiger partial charge in [-0.1, -0.05) is 12.1 Å². The van der Waals surface area contributed by atoms with Crippen LogP contribution in [-0.4, -0.2) is 35.3 Å². The molecule has 6 heteroatoms. The number of likely N-dealkylation sites (tertiary alicyclic amines) is 1. The number of primary amides is 1. The Morgan fingerprint density at radius 1 is 1.25 bits per heavy atom. The highest BCUT2D eigenvalue weighted by Gasteiger charge is 2.29. The lowest BCUT2D eigenvalue weighted by atomic mass is 10.1. The number of nitrogens with zero attached hydrogens (tertiary/aromatic N) is 1. The van der Waals surface area contributed by atoms with E-state index < -0.39 is 0 Å². The number of nitrogens with one attached hydrogen (secondary N) is 1. The highest BCUT2D eigenvalue weighted by atomic mass is 16.2. The zero-order valence-corrected chi connectivity index (χ0v) is 13.9. The average Bonchev–Trinajstić information content (AvgIpc) is 3.16. The molecule has 0 aromatic heterocycles. The molecule has 0 bridgehead atoms. The van der Waals surface area contributed by atoms with E-state index in [9.17, 15) is 9.59 Å². The summed E-state index contributed by atoms with van der Waals surface area (Å²) >= 11 is 0. The zero-order valence-electron chi connectivity index (χ0n) is 13.9. The molecule has 130 valence electrons. The Labute approximate surface area is 142 Å². The largest absolute Gasteiger partial charge is 0.368 e. The van der Waals surface area contributed by atoms with Gasteiger partial charge in [-0.05, 0) is 56.3 Å². The fraction of sp³-hybridized carbons (Fsp3) is 0.556. The average molecular weight is 330 g/mol. The maximum atomic E-state index is 12.3. The van der Waals surface area contributed by atoms with Crippen molar-refractivity contribution in [2.24, 2.45) is 17.4 Å². The molecule has 1 heterocycles. The number of hydrogen-bond acceptors (Lipinski definition) is 4. The third-order valence-electron chi connectivity index (χ3n) is 5.12.